The van der Waals surface area contributed by atoms with Crippen LogP contribution in [0.2, 0.25) is 0 Å². The quantitative estimate of drug-likeness (QED) is 0.679. The summed E-state index contributed by atoms with van der Waals surface area (Å²) in [6.07, 6.45) is 3.38. The molecule has 3 aromatic rings. The van der Waals surface area contributed by atoms with Gasteiger partial charge in [0, 0.05) is 44.6 Å². The number of nitrogens with zero attached hydrogens (tertiary/aromatic N) is 6. The average Bonchev–Trinajstić information content (AvgIpc) is 3.35. The lowest BCUT2D eigenvalue weighted by atomic mass is 10.2. The van der Waals surface area contributed by atoms with Gasteiger partial charge in [0.25, 0.3) is 0 Å². The van der Waals surface area contributed by atoms with Gasteiger partial charge in [-0.15, -0.1) is 0 Å². The van der Waals surface area contributed by atoms with Gasteiger partial charge in [-0.3, -0.25) is 4.57 Å². The van der Waals surface area contributed by atoms with Gasteiger partial charge in [-0.25, -0.2) is 15.0 Å². The van der Waals surface area contributed by atoms with E-state index in [1.54, 1.807) is 18.0 Å². The van der Waals surface area contributed by atoms with E-state index in [2.05, 4.69) is 49.3 Å². The Bertz CT molecular complexity index is 1250. The number of rotatable bonds is 4. The van der Waals surface area contributed by atoms with Gasteiger partial charge in [0.05, 0.1) is 11.0 Å². The molecule has 0 aliphatic carbocycles. The largest absolute Gasteiger partial charge is 0.493 e. The van der Waals surface area contributed by atoms with E-state index in [1.807, 2.05) is 36.4 Å². The predicted molar refractivity (Wildman–Crippen MR) is 123 cm³/mol. The van der Waals surface area contributed by atoms with E-state index in [0.29, 0.717) is 11.6 Å². The van der Waals surface area contributed by atoms with E-state index in [-0.39, 0.29) is 5.88 Å². The average molecular weight is 416 g/mol. The minimum absolute atomic E-state index is 0.102. The minimum atomic E-state index is 0.102. The molecule has 158 valence electrons. The molecule has 0 atom stereocenters. The third kappa shape index (κ3) is 3.89. The Kier molecular flexibility index (Phi) is 4.91. The molecule has 0 saturated carbocycles. The van der Waals surface area contributed by atoms with Crippen LogP contribution in [0.25, 0.3) is 6.08 Å². The third-order valence-electron chi connectivity index (χ3n) is 5.78. The summed E-state index contributed by atoms with van der Waals surface area (Å²) in [7, 11) is 3.94. The van der Waals surface area contributed by atoms with E-state index in [0.717, 1.165) is 48.1 Å². The number of benzene rings is 2. The van der Waals surface area contributed by atoms with Crippen LogP contribution in [0.15, 0.2) is 52.4 Å². The molecule has 0 bridgehead atoms. The zero-order valence-electron chi connectivity index (χ0n) is 17.7. The van der Waals surface area contributed by atoms with Crippen molar-refractivity contribution in [2.45, 2.75) is 0 Å². The van der Waals surface area contributed by atoms with Crippen molar-refractivity contribution in [3.8, 4) is 5.88 Å². The monoisotopic (exact) mass is 415 g/mol. The SMILES string of the molecule is CN1CCN(c2ccc(Nc3nc(C=c4ccc5c(c4)N=CN=5)c(O)n3C)cc2)CC1. The number of likely N-dealkylation sites (N-methyl/N-ethyl adjacent to an activating group) is 1. The van der Waals surface area contributed by atoms with Crippen LogP contribution in [-0.4, -0.2) is 59.1 Å². The molecule has 2 aliphatic rings. The number of fused-ring (bicyclic) bond motifs is 1. The Hall–Kier alpha value is -3.65. The minimum Gasteiger partial charge on any atom is -0.493 e. The van der Waals surface area contributed by atoms with E-state index in [9.17, 15) is 5.11 Å². The van der Waals surface area contributed by atoms with Crippen molar-refractivity contribution in [1.82, 2.24) is 14.5 Å². The van der Waals surface area contributed by atoms with Crippen molar-refractivity contribution in [3.63, 3.8) is 0 Å². The summed E-state index contributed by atoms with van der Waals surface area (Å²) in [5, 5.41) is 15.6. The summed E-state index contributed by atoms with van der Waals surface area (Å²) in [6, 6.07) is 14.1. The molecule has 31 heavy (non-hydrogen) atoms. The summed E-state index contributed by atoms with van der Waals surface area (Å²) in [4.78, 5) is 17.7. The summed E-state index contributed by atoms with van der Waals surface area (Å²) in [5.41, 5.74) is 3.47. The summed E-state index contributed by atoms with van der Waals surface area (Å²) in [5.74, 6) is 0.676. The zero-order valence-corrected chi connectivity index (χ0v) is 17.7. The number of aromatic hydroxyl groups is 1. The van der Waals surface area contributed by atoms with Gasteiger partial charge in [0.2, 0.25) is 11.8 Å². The van der Waals surface area contributed by atoms with Crippen molar-refractivity contribution in [1.29, 1.82) is 0 Å². The molecular weight excluding hydrogens is 390 g/mol. The number of aromatic nitrogens is 2. The van der Waals surface area contributed by atoms with Gasteiger partial charge < -0.3 is 20.2 Å². The molecule has 3 heterocycles. The summed E-state index contributed by atoms with van der Waals surface area (Å²) < 4.78 is 1.64. The van der Waals surface area contributed by atoms with Crippen LogP contribution in [0, 0.1) is 0 Å². The number of hydrogen-bond donors (Lipinski definition) is 2. The molecule has 5 rings (SSSR count). The molecule has 8 heteroatoms. The van der Waals surface area contributed by atoms with Crippen LogP contribution in [0.1, 0.15) is 5.69 Å². The van der Waals surface area contributed by atoms with Crippen LogP contribution in [0.3, 0.4) is 0 Å². The Balaban J connectivity index is 1.35. The van der Waals surface area contributed by atoms with E-state index in [1.165, 1.54) is 5.69 Å². The van der Waals surface area contributed by atoms with Crippen molar-refractivity contribution in [2.24, 2.45) is 17.0 Å². The van der Waals surface area contributed by atoms with Crippen LogP contribution in [0.5, 0.6) is 5.88 Å². The highest BCUT2D eigenvalue weighted by Crippen LogP contribution is 2.26. The first-order valence-corrected chi connectivity index (χ1v) is 10.4. The standard InChI is InChI=1S/C23H25N7O/c1-28-9-11-30(12-10-28)18-6-4-17(5-7-18)26-23-27-21(22(31)29(23)2)14-16-3-8-19-20(13-16)25-15-24-19/h3-8,13-15,31H,9-12H2,1-2H3,(H,26,27). The molecule has 1 saturated heterocycles. The number of nitrogens with one attached hydrogen (secondary N) is 1. The van der Waals surface area contributed by atoms with E-state index < -0.39 is 0 Å². The fourth-order valence-electron chi connectivity index (χ4n) is 3.82. The first kappa shape index (κ1) is 19.3. The second-order valence-electron chi connectivity index (χ2n) is 7.93. The van der Waals surface area contributed by atoms with Crippen molar-refractivity contribution in [2.75, 3.05) is 43.4 Å². The molecular formula is C23H25N7O. The van der Waals surface area contributed by atoms with Crippen LogP contribution >= 0.6 is 0 Å². The second kappa shape index (κ2) is 7.88. The Morgan fingerprint density at radius 2 is 1.77 bits per heavy atom. The maximum Gasteiger partial charge on any atom is 0.220 e. The van der Waals surface area contributed by atoms with Crippen molar-refractivity contribution >= 4 is 35.4 Å². The Morgan fingerprint density at radius 1 is 1.00 bits per heavy atom. The summed E-state index contributed by atoms with van der Waals surface area (Å²) >= 11 is 0. The molecule has 0 amide bonds. The van der Waals surface area contributed by atoms with Gasteiger partial charge in [0.15, 0.2) is 0 Å². The van der Waals surface area contributed by atoms with Crippen LogP contribution < -0.4 is 20.8 Å². The lowest BCUT2D eigenvalue weighted by Crippen LogP contribution is -2.44. The van der Waals surface area contributed by atoms with Gasteiger partial charge in [-0.1, -0.05) is 6.07 Å². The van der Waals surface area contributed by atoms with Gasteiger partial charge >= 0.3 is 0 Å². The maximum absolute atomic E-state index is 10.6. The highest BCUT2D eigenvalue weighted by atomic mass is 16.3. The zero-order chi connectivity index (χ0) is 21.4. The summed E-state index contributed by atoms with van der Waals surface area (Å²) in [6.45, 7) is 4.24. The lowest BCUT2D eigenvalue weighted by molar-refractivity contribution is 0.313. The molecule has 1 fully saturated rings. The topological polar surface area (TPSA) is 81.3 Å². The fraction of sp³-hybridized carbons (Fsp3) is 0.261. The first-order chi connectivity index (χ1) is 15.1. The van der Waals surface area contributed by atoms with Crippen LogP contribution in [-0.2, 0) is 7.05 Å². The first-order valence-electron chi connectivity index (χ1n) is 10.4. The maximum atomic E-state index is 10.6. The molecule has 2 aliphatic heterocycles. The highest BCUT2D eigenvalue weighted by molar-refractivity contribution is 5.67. The Labute approximate surface area is 180 Å². The normalized spacial score (nSPS) is 16.5. The molecule has 0 spiro atoms. The van der Waals surface area contributed by atoms with Gasteiger partial charge in [-0.2, -0.15) is 0 Å². The van der Waals surface area contributed by atoms with E-state index in [4.69, 9.17) is 0 Å². The molecule has 0 unspecified atom stereocenters. The lowest BCUT2D eigenvalue weighted by Gasteiger charge is -2.34. The number of imidazole rings is 1. The number of anilines is 3. The molecule has 0 radical (unpaired) electrons. The number of piperazine rings is 1. The van der Waals surface area contributed by atoms with Crippen LogP contribution in [0.4, 0.5) is 23.0 Å². The number of aliphatic imine (C=N–C) groups is 1. The van der Waals surface area contributed by atoms with Gasteiger partial charge in [0.1, 0.15) is 12.0 Å². The van der Waals surface area contributed by atoms with Gasteiger partial charge in [-0.05, 0) is 54.7 Å². The fourth-order valence-corrected chi connectivity index (χ4v) is 3.82. The van der Waals surface area contributed by atoms with E-state index >= 15 is 0 Å². The number of hydrogen-bond acceptors (Lipinski definition) is 7. The molecule has 2 N–H and O–H groups in total. The molecule has 1 aromatic heterocycles. The van der Waals surface area contributed by atoms with Crippen molar-refractivity contribution < 1.29 is 5.11 Å². The molecule has 8 nitrogen and oxygen atoms in total. The smallest absolute Gasteiger partial charge is 0.220 e. The Morgan fingerprint density at radius 3 is 2.55 bits per heavy atom. The third-order valence-corrected chi connectivity index (χ3v) is 5.78. The predicted octanol–water partition coefficient (Wildman–Crippen LogP) is 1.74. The van der Waals surface area contributed by atoms with Crippen molar-refractivity contribution in [3.05, 3.63) is 58.7 Å². The molecule has 2 aromatic carbocycles. The second-order valence-corrected chi connectivity index (χ2v) is 7.93. The highest BCUT2D eigenvalue weighted by Gasteiger charge is 2.15.